The highest BCUT2D eigenvalue weighted by atomic mass is 16.5. The number of nitrogen functional groups attached to an aromatic ring is 1. The van der Waals surface area contributed by atoms with Gasteiger partial charge in [-0.15, -0.1) is 0 Å². The molecule has 0 aromatic carbocycles. The molecule has 6 heteroatoms. The predicted molar refractivity (Wildman–Crippen MR) is 58.6 cm³/mol. The van der Waals surface area contributed by atoms with Crippen LogP contribution in [0.25, 0.3) is 0 Å². The molecule has 1 aromatic rings. The quantitative estimate of drug-likeness (QED) is 0.589. The fourth-order valence-electron chi connectivity index (χ4n) is 1.79. The van der Waals surface area contributed by atoms with E-state index in [4.69, 9.17) is 20.6 Å². The van der Waals surface area contributed by atoms with E-state index in [2.05, 4.69) is 5.10 Å². The predicted octanol–water partition coefficient (Wildman–Crippen LogP) is 0.875. The van der Waals surface area contributed by atoms with Crippen LogP contribution in [0.2, 0.25) is 0 Å². The van der Waals surface area contributed by atoms with Gasteiger partial charge >= 0.3 is 0 Å². The van der Waals surface area contributed by atoms with Crippen LogP contribution in [0.4, 0.5) is 0 Å². The van der Waals surface area contributed by atoms with Crippen LogP contribution >= 0.6 is 0 Å². The summed E-state index contributed by atoms with van der Waals surface area (Å²) in [6, 6.07) is 0. The molecule has 0 spiro atoms. The first-order valence-electron chi connectivity index (χ1n) is 5.31. The summed E-state index contributed by atoms with van der Waals surface area (Å²) < 4.78 is 12.4. The van der Waals surface area contributed by atoms with E-state index in [0.29, 0.717) is 11.4 Å². The molecule has 16 heavy (non-hydrogen) atoms. The van der Waals surface area contributed by atoms with Crippen molar-refractivity contribution in [2.24, 2.45) is 5.73 Å². The Kier molecular flexibility index (Phi) is 3.09. The zero-order valence-corrected chi connectivity index (χ0v) is 9.27. The summed E-state index contributed by atoms with van der Waals surface area (Å²) >= 11 is 0. The van der Waals surface area contributed by atoms with Crippen molar-refractivity contribution in [3.63, 3.8) is 0 Å². The van der Waals surface area contributed by atoms with Gasteiger partial charge in [0.15, 0.2) is 11.4 Å². The first-order valence-corrected chi connectivity index (χ1v) is 5.31. The summed E-state index contributed by atoms with van der Waals surface area (Å²) in [6.45, 7) is 0.752. The minimum Gasteiger partial charge on any atom is -0.493 e. The number of nitrogens with one attached hydrogen (secondary N) is 1. The molecule has 0 bridgehead atoms. The molecule has 6 nitrogen and oxygen atoms in total. The standard InChI is InChI=1S/C10H16N4O2/c1-15-7-6-14(13-9(7)10(11)12)8-4-2-3-5-16-8/h6,8H,2-5H2,1H3,(H3,11,12)/t8-/m1/s1. The lowest BCUT2D eigenvalue weighted by atomic mass is 10.2. The maximum atomic E-state index is 7.39. The van der Waals surface area contributed by atoms with Crippen molar-refractivity contribution in [3.8, 4) is 5.75 Å². The normalized spacial score (nSPS) is 20.7. The average Bonchev–Trinajstić information content (AvgIpc) is 2.74. The number of aromatic nitrogens is 2. The lowest BCUT2D eigenvalue weighted by Gasteiger charge is -2.22. The molecule has 3 N–H and O–H groups in total. The maximum Gasteiger partial charge on any atom is 0.168 e. The topological polar surface area (TPSA) is 86.2 Å². The summed E-state index contributed by atoms with van der Waals surface area (Å²) in [5.41, 5.74) is 5.79. The molecule has 1 aromatic heterocycles. The molecule has 2 rings (SSSR count). The van der Waals surface area contributed by atoms with Crippen LogP contribution in [0.15, 0.2) is 6.20 Å². The number of hydrogen-bond donors (Lipinski definition) is 2. The van der Waals surface area contributed by atoms with Crippen LogP contribution in [0.1, 0.15) is 31.2 Å². The Balaban J connectivity index is 2.24. The summed E-state index contributed by atoms with van der Waals surface area (Å²) in [4.78, 5) is 0. The molecule has 1 saturated heterocycles. The zero-order chi connectivity index (χ0) is 11.5. The van der Waals surface area contributed by atoms with Crippen LogP contribution in [0.3, 0.4) is 0 Å². The smallest absolute Gasteiger partial charge is 0.168 e. The first kappa shape index (κ1) is 10.9. The molecule has 0 saturated carbocycles. The molecule has 1 atom stereocenters. The van der Waals surface area contributed by atoms with Crippen molar-refractivity contribution < 1.29 is 9.47 Å². The minimum atomic E-state index is -0.0913. The Morgan fingerprint density at radius 2 is 2.50 bits per heavy atom. The van der Waals surface area contributed by atoms with Crippen molar-refractivity contribution in [2.45, 2.75) is 25.5 Å². The number of methoxy groups -OCH3 is 1. The van der Waals surface area contributed by atoms with Crippen molar-refractivity contribution in [3.05, 3.63) is 11.9 Å². The number of nitrogens with two attached hydrogens (primary N) is 1. The number of nitrogens with zero attached hydrogens (tertiary/aromatic N) is 2. The fraction of sp³-hybridized carbons (Fsp3) is 0.600. The van der Waals surface area contributed by atoms with E-state index >= 15 is 0 Å². The third-order valence-electron chi connectivity index (χ3n) is 2.62. The highest BCUT2D eigenvalue weighted by Gasteiger charge is 2.20. The van der Waals surface area contributed by atoms with E-state index in [-0.39, 0.29) is 12.1 Å². The molecular weight excluding hydrogens is 208 g/mol. The Morgan fingerprint density at radius 1 is 1.69 bits per heavy atom. The van der Waals surface area contributed by atoms with Gasteiger partial charge in [-0.2, -0.15) is 5.10 Å². The molecule has 0 amide bonds. The van der Waals surface area contributed by atoms with E-state index in [1.165, 1.54) is 7.11 Å². The van der Waals surface area contributed by atoms with Gasteiger partial charge in [-0.25, -0.2) is 4.68 Å². The van der Waals surface area contributed by atoms with Gasteiger partial charge in [0.05, 0.1) is 13.3 Å². The van der Waals surface area contributed by atoms with E-state index in [1.807, 2.05) is 0 Å². The lowest BCUT2D eigenvalue weighted by Crippen LogP contribution is -2.20. The van der Waals surface area contributed by atoms with Crippen molar-refractivity contribution in [1.29, 1.82) is 5.41 Å². The molecule has 2 heterocycles. The first-order chi connectivity index (χ1) is 7.72. The third kappa shape index (κ3) is 2.01. The number of hydrogen-bond acceptors (Lipinski definition) is 4. The second-order valence-electron chi connectivity index (χ2n) is 3.76. The summed E-state index contributed by atoms with van der Waals surface area (Å²) in [6.07, 6.45) is 4.82. The van der Waals surface area contributed by atoms with Gasteiger partial charge in [0, 0.05) is 6.61 Å². The van der Waals surface area contributed by atoms with Gasteiger partial charge in [-0.05, 0) is 19.3 Å². The molecule has 1 aliphatic rings. The SMILES string of the molecule is COc1cn([C@H]2CCCCO2)nc1C(=N)N. The summed E-state index contributed by atoms with van der Waals surface area (Å²) in [5, 5.41) is 11.6. The summed E-state index contributed by atoms with van der Waals surface area (Å²) in [7, 11) is 1.54. The molecule has 0 unspecified atom stereocenters. The zero-order valence-electron chi connectivity index (χ0n) is 9.27. The number of amidine groups is 1. The molecule has 88 valence electrons. The largest absolute Gasteiger partial charge is 0.493 e. The minimum absolute atomic E-state index is 0.0595. The fourth-order valence-corrected chi connectivity index (χ4v) is 1.79. The molecule has 0 radical (unpaired) electrons. The lowest BCUT2D eigenvalue weighted by molar-refractivity contribution is -0.0396. The summed E-state index contributed by atoms with van der Waals surface area (Å²) in [5.74, 6) is 0.424. The molecule has 0 aliphatic carbocycles. The van der Waals surface area contributed by atoms with Crippen molar-refractivity contribution in [2.75, 3.05) is 13.7 Å². The highest BCUT2D eigenvalue weighted by molar-refractivity contribution is 5.95. The van der Waals surface area contributed by atoms with E-state index < -0.39 is 0 Å². The van der Waals surface area contributed by atoms with Gasteiger partial charge in [0.1, 0.15) is 12.1 Å². The van der Waals surface area contributed by atoms with Crippen LogP contribution in [-0.4, -0.2) is 29.3 Å². The second kappa shape index (κ2) is 4.52. The van der Waals surface area contributed by atoms with Crippen LogP contribution in [0, 0.1) is 5.41 Å². The van der Waals surface area contributed by atoms with Crippen molar-refractivity contribution >= 4 is 5.84 Å². The van der Waals surface area contributed by atoms with Crippen LogP contribution < -0.4 is 10.5 Å². The number of rotatable bonds is 3. The maximum absolute atomic E-state index is 7.39. The Morgan fingerprint density at radius 3 is 3.00 bits per heavy atom. The van der Waals surface area contributed by atoms with Gasteiger partial charge in [-0.1, -0.05) is 0 Å². The molecule has 1 fully saturated rings. The average molecular weight is 224 g/mol. The Bertz CT molecular complexity index is 382. The highest BCUT2D eigenvalue weighted by Crippen LogP contribution is 2.25. The van der Waals surface area contributed by atoms with Crippen molar-refractivity contribution in [1.82, 2.24) is 9.78 Å². The van der Waals surface area contributed by atoms with Gasteiger partial charge in [-0.3, -0.25) is 5.41 Å². The Labute approximate surface area is 93.8 Å². The molecular formula is C10H16N4O2. The Hall–Kier alpha value is -1.56. The van der Waals surface area contributed by atoms with Gasteiger partial charge in [0.25, 0.3) is 0 Å². The van der Waals surface area contributed by atoms with E-state index in [1.54, 1.807) is 10.9 Å². The van der Waals surface area contributed by atoms with Gasteiger partial charge < -0.3 is 15.2 Å². The number of ether oxygens (including phenoxy) is 2. The third-order valence-corrected chi connectivity index (χ3v) is 2.62. The van der Waals surface area contributed by atoms with E-state index in [0.717, 1.165) is 25.9 Å². The van der Waals surface area contributed by atoms with Crippen LogP contribution in [0.5, 0.6) is 5.75 Å². The van der Waals surface area contributed by atoms with Gasteiger partial charge in [0.2, 0.25) is 0 Å². The second-order valence-corrected chi connectivity index (χ2v) is 3.76. The monoisotopic (exact) mass is 224 g/mol. The van der Waals surface area contributed by atoms with Crippen LogP contribution in [-0.2, 0) is 4.74 Å². The van der Waals surface area contributed by atoms with E-state index in [9.17, 15) is 0 Å². The molecule has 1 aliphatic heterocycles.